The maximum atomic E-state index is 3.00. The van der Waals surface area contributed by atoms with Crippen LogP contribution >= 0.6 is 11.8 Å². The summed E-state index contributed by atoms with van der Waals surface area (Å²) < 4.78 is 0. The van der Waals surface area contributed by atoms with E-state index in [1.165, 1.54) is 27.7 Å². The third-order valence-corrected chi connectivity index (χ3v) is 3.12. The number of hydrogen-bond donors (Lipinski definition) is 0. The van der Waals surface area contributed by atoms with Gasteiger partial charge in [-0.1, -0.05) is 50.6 Å². The second-order valence-electron chi connectivity index (χ2n) is 3.84. The first-order valence-electron chi connectivity index (χ1n) is 6.26. The second kappa shape index (κ2) is 9.78. The van der Waals surface area contributed by atoms with Crippen molar-refractivity contribution in [2.24, 2.45) is 0 Å². The predicted octanol–water partition coefficient (Wildman–Crippen LogP) is 6.09. The molecule has 2 aromatic carbocycles. The summed E-state index contributed by atoms with van der Waals surface area (Å²) in [6, 6.07) is 13.0. The molecule has 2 rings (SSSR count). The van der Waals surface area contributed by atoms with Crippen LogP contribution in [-0.4, -0.2) is 6.26 Å². The zero-order valence-electron chi connectivity index (χ0n) is 12.0. The molecule has 0 heterocycles. The molecule has 0 bridgehead atoms. The highest BCUT2D eigenvalue weighted by molar-refractivity contribution is 7.98. The van der Waals surface area contributed by atoms with E-state index in [0.717, 1.165) is 0 Å². The van der Waals surface area contributed by atoms with Crippen LogP contribution in [0, 0.1) is 6.92 Å². The summed E-state index contributed by atoms with van der Waals surface area (Å²) in [4.78, 5) is 1.36. The van der Waals surface area contributed by atoms with Crippen LogP contribution in [0.2, 0.25) is 0 Å². The Hall–Kier alpha value is -1.21. The van der Waals surface area contributed by atoms with Crippen molar-refractivity contribution >= 4 is 22.5 Å². The zero-order chi connectivity index (χ0) is 14.0. The Morgan fingerprint density at radius 2 is 1.44 bits per heavy atom. The fourth-order valence-electron chi connectivity index (χ4n) is 1.62. The molecule has 18 heavy (non-hydrogen) atoms. The minimum Gasteiger partial charge on any atom is -0.129 e. The Morgan fingerprint density at radius 1 is 0.944 bits per heavy atom. The highest BCUT2D eigenvalue weighted by atomic mass is 32.2. The molecule has 0 aromatic heterocycles. The van der Waals surface area contributed by atoms with E-state index in [-0.39, 0.29) is 0 Å². The highest BCUT2D eigenvalue weighted by Crippen LogP contribution is 2.27. The highest BCUT2D eigenvalue weighted by Gasteiger charge is 1.99. The molecular formula is C17H24S. The first-order valence-corrected chi connectivity index (χ1v) is 7.49. The van der Waals surface area contributed by atoms with Gasteiger partial charge in [0.15, 0.2) is 0 Å². The van der Waals surface area contributed by atoms with Gasteiger partial charge in [-0.15, -0.1) is 24.9 Å². The van der Waals surface area contributed by atoms with E-state index in [0.29, 0.717) is 0 Å². The maximum Gasteiger partial charge on any atom is 0.0148 e. The maximum absolute atomic E-state index is 3.00. The molecule has 0 aliphatic carbocycles. The van der Waals surface area contributed by atoms with Crippen LogP contribution in [0.4, 0.5) is 0 Å². The summed E-state index contributed by atoms with van der Waals surface area (Å²) in [6.07, 6.45) is 3.37. The van der Waals surface area contributed by atoms with Crippen LogP contribution in [0.15, 0.2) is 54.5 Å². The van der Waals surface area contributed by atoms with Crippen LogP contribution in [0.25, 0.3) is 10.8 Å². The number of aryl methyl sites for hydroxylation is 1. The molecule has 0 unspecified atom stereocenters. The monoisotopic (exact) mass is 260 g/mol. The number of fused-ring (bicyclic) bond motifs is 1. The van der Waals surface area contributed by atoms with Gasteiger partial charge in [0.1, 0.15) is 0 Å². The van der Waals surface area contributed by atoms with Crippen LogP contribution in [0.3, 0.4) is 0 Å². The van der Waals surface area contributed by atoms with Crippen molar-refractivity contribution in [2.45, 2.75) is 32.1 Å². The smallest absolute Gasteiger partial charge is 0.0148 e. The standard InChI is InChI=1S/C12H12S.C3H8.C2H4/c1-9-5-3-7-11-10(9)6-4-8-12(11)13-2;1-3-2;1-2/h3-8H,1-2H3;3H2,1-2H3;1-2H2. The SMILES string of the molecule is C=C.CCC.CSc1cccc2c(C)cccc12. The molecule has 0 saturated carbocycles. The van der Waals surface area contributed by atoms with E-state index in [2.05, 4.69) is 76.6 Å². The normalized spacial score (nSPS) is 8.89. The van der Waals surface area contributed by atoms with Crippen molar-refractivity contribution in [3.8, 4) is 0 Å². The molecule has 1 heteroatoms. The van der Waals surface area contributed by atoms with Gasteiger partial charge in [0.05, 0.1) is 0 Å². The second-order valence-corrected chi connectivity index (χ2v) is 4.69. The van der Waals surface area contributed by atoms with Gasteiger partial charge in [-0.05, 0) is 35.6 Å². The Morgan fingerprint density at radius 3 is 2.00 bits per heavy atom. The van der Waals surface area contributed by atoms with Gasteiger partial charge in [-0.3, -0.25) is 0 Å². The Kier molecular flexibility index (Phi) is 9.13. The zero-order valence-corrected chi connectivity index (χ0v) is 12.8. The Balaban J connectivity index is 0.000000509. The van der Waals surface area contributed by atoms with Crippen molar-refractivity contribution < 1.29 is 0 Å². The number of thioether (sulfide) groups is 1. The van der Waals surface area contributed by atoms with Crippen molar-refractivity contribution in [2.75, 3.05) is 6.26 Å². The quantitative estimate of drug-likeness (QED) is 0.441. The van der Waals surface area contributed by atoms with Crippen molar-refractivity contribution in [1.82, 2.24) is 0 Å². The average Bonchev–Trinajstić information content (AvgIpc) is 2.42. The summed E-state index contributed by atoms with van der Waals surface area (Å²) >= 11 is 1.81. The lowest BCUT2D eigenvalue weighted by atomic mass is 10.1. The molecule has 0 N–H and O–H groups in total. The van der Waals surface area contributed by atoms with E-state index in [1.807, 2.05) is 0 Å². The van der Waals surface area contributed by atoms with E-state index in [1.54, 1.807) is 11.8 Å². The van der Waals surface area contributed by atoms with Crippen LogP contribution < -0.4 is 0 Å². The third-order valence-electron chi connectivity index (χ3n) is 2.32. The van der Waals surface area contributed by atoms with Crippen LogP contribution in [0.5, 0.6) is 0 Å². The summed E-state index contributed by atoms with van der Waals surface area (Å²) in [6.45, 7) is 12.4. The minimum absolute atomic E-state index is 1.25. The van der Waals surface area contributed by atoms with Gasteiger partial charge in [0.2, 0.25) is 0 Å². The minimum atomic E-state index is 1.25. The summed E-state index contributed by atoms with van der Waals surface area (Å²) in [7, 11) is 0. The summed E-state index contributed by atoms with van der Waals surface area (Å²) in [5, 5.41) is 2.74. The van der Waals surface area contributed by atoms with Gasteiger partial charge in [0, 0.05) is 4.90 Å². The molecule has 0 atom stereocenters. The molecule has 0 amide bonds. The predicted molar refractivity (Wildman–Crippen MR) is 87.7 cm³/mol. The van der Waals surface area contributed by atoms with E-state index in [4.69, 9.17) is 0 Å². The first kappa shape index (κ1) is 16.8. The van der Waals surface area contributed by atoms with Gasteiger partial charge in [-0.2, -0.15) is 0 Å². The van der Waals surface area contributed by atoms with Gasteiger partial charge in [0.25, 0.3) is 0 Å². The van der Waals surface area contributed by atoms with Gasteiger partial charge >= 0.3 is 0 Å². The molecule has 0 aliphatic rings. The average molecular weight is 260 g/mol. The molecule has 0 spiro atoms. The molecule has 0 nitrogen and oxygen atoms in total. The molecule has 0 fully saturated rings. The number of benzene rings is 2. The van der Waals surface area contributed by atoms with E-state index >= 15 is 0 Å². The van der Waals surface area contributed by atoms with Crippen LogP contribution in [0.1, 0.15) is 25.8 Å². The van der Waals surface area contributed by atoms with Crippen molar-refractivity contribution in [1.29, 1.82) is 0 Å². The summed E-state index contributed by atoms with van der Waals surface area (Å²) in [5.41, 5.74) is 1.36. The topological polar surface area (TPSA) is 0 Å². The van der Waals surface area contributed by atoms with E-state index < -0.39 is 0 Å². The first-order chi connectivity index (χ1) is 8.74. The Labute approximate surface area is 116 Å². The molecule has 0 radical (unpaired) electrons. The van der Waals surface area contributed by atoms with Gasteiger partial charge < -0.3 is 0 Å². The number of rotatable bonds is 1. The third kappa shape index (κ3) is 4.58. The molecular weight excluding hydrogens is 236 g/mol. The molecule has 98 valence electrons. The molecule has 2 aromatic rings. The number of hydrogen-bond acceptors (Lipinski definition) is 1. The van der Waals surface area contributed by atoms with Crippen LogP contribution in [-0.2, 0) is 0 Å². The van der Waals surface area contributed by atoms with E-state index in [9.17, 15) is 0 Å². The fraction of sp³-hybridized carbons (Fsp3) is 0.294. The van der Waals surface area contributed by atoms with Crippen molar-refractivity contribution in [3.05, 3.63) is 55.1 Å². The lowest BCUT2D eigenvalue weighted by Gasteiger charge is -2.05. The lowest BCUT2D eigenvalue weighted by molar-refractivity contribution is 1.09. The lowest BCUT2D eigenvalue weighted by Crippen LogP contribution is -1.79. The fourth-order valence-corrected chi connectivity index (χ4v) is 2.23. The molecule has 0 aliphatic heterocycles. The Bertz CT molecular complexity index is 460. The molecule has 0 saturated heterocycles. The van der Waals surface area contributed by atoms with Gasteiger partial charge in [-0.25, -0.2) is 0 Å². The largest absolute Gasteiger partial charge is 0.129 e. The summed E-state index contributed by atoms with van der Waals surface area (Å²) in [5.74, 6) is 0. The van der Waals surface area contributed by atoms with Crippen molar-refractivity contribution in [3.63, 3.8) is 0 Å².